The number of hydrogen-bond acceptors (Lipinski definition) is 5. The number of carbonyl (C=O) groups excluding carboxylic acids is 3. The number of nitrogens with one attached hydrogen (secondary N) is 1. The highest BCUT2D eigenvalue weighted by molar-refractivity contribution is 6.30. The van der Waals surface area contributed by atoms with E-state index in [0.717, 1.165) is 0 Å². The topological polar surface area (TPSA) is 82.2 Å². The second-order valence-electron chi connectivity index (χ2n) is 9.16. The highest BCUT2D eigenvalue weighted by Crippen LogP contribution is 2.32. The van der Waals surface area contributed by atoms with Crippen LogP contribution < -0.4 is 5.32 Å². The van der Waals surface area contributed by atoms with Crippen molar-refractivity contribution in [3.05, 3.63) is 81.8 Å². The minimum Gasteiger partial charge on any atom is -0.463 e. The lowest BCUT2D eigenvalue weighted by Gasteiger charge is -2.42. The van der Waals surface area contributed by atoms with Crippen LogP contribution in [-0.4, -0.2) is 78.5 Å². The van der Waals surface area contributed by atoms with Crippen molar-refractivity contribution in [2.24, 2.45) is 0 Å². The van der Waals surface area contributed by atoms with E-state index in [9.17, 15) is 18.8 Å². The first kappa shape index (κ1) is 26.6. The van der Waals surface area contributed by atoms with Crippen LogP contribution in [0.2, 0.25) is 5.02 Å². The first-order chi connectivity index (χ1) is 17.7. The molecule has 0 bridgehead atoms. The molecular formula is C27H30ClFN4O4. The molecule has 1 saturated heterocycles. The molecular weight excluding hydrogens is 499 g/mol. The Labute approximate surface area is 220 Å². The second kappa shape index (κ2) is 11.3. The predicted molar refractivity (Wildman–Crippen MR) is 137 cm³/mol. The van der Waals surface area contributed by atoms with Crippen molar-refractivity contribution in [3.63, 3.8) is 0 Å². The first-order valence-electron chi connectivity index (χ1n) is 12.2. The number of ether oxygens (including phenoxy) is 1. The van der Waals surface area contributed by atoms with Gasteiger partial charge in [0.25, 0.3) is 5.91 Å². The highest BCUT2D eigenvalue weighted by atomic mass is 35.5. The summed E-state index contributed by atoms with van der Waals surface area (Å²) in [5.74, 6) is -1.02. The maximum absolute atomic E-state index is 13.6. The summed E-state index contributed by atoms with van der Waals surface area (Å²) in [7, 11) is 1.61. The molecule has 196 valence electrons. The Kier molecular flexibility index (Phi) is 8.14. The summed E-state index contributed by atoms with van der Waals surface area (Å²) in [6.45, 7) is 5.76. The third kappa shape index (κ3) is 5.78. The molecule has 3 amide bonds. The minimum absolute atomic E-state index is 0.0687. The molecule has 2 aromatic carbocycles. The van der Waals surface area contributed by atoms with Gasteiger partial charge in [0.15, 0.2) is 0 Å². The van der Waals surface area contributed by atoms with Crippen molar-refractivity contribution in [2.75, 3.05) is 39.8 Å². The molecule has 0 aromatic heterocycles. The Hall–Kier alpha value is -3.43. The van der Waals surface area contributed by atoms with Crippen LogP contribution in [0.15, 0.2) is 59.8 Å². The standard InChI is InChI=1S/C27H30ClFN4O4/c1-4-37-26(35)23-22(31(3)27(36)30-24(23)18-7-11-21(29)12-8-18)16-32-13-14-33(17(2)15-32)25(34)19-5-9-20(28)10-6-19/h5-12,17,24H,4,13-16H2,1-3H3,(H,30,36)/t17-,24-/m0/s1. The number of esters is 1. The SMILES string of the molecule is CCOC(=O)C1=C(CN2CCN(C(=O)c3ccc(Cl)cc3)[C@@H](C)C2)N(C)C(=O)N[C@H]1c1ccc(F)cc1. The molecule has 2 aliphatic heterocycles. The van der Waals surface area contributed by atoms with Crippen molar-refractivity contribution in [1.29, 1.82) is 0 Å². The number of halogens is 2. The van der Waals surface area contributed by atoms with Gasteiger partial charge in [-0.15, -0.1) is 0 Å². The zero-order valence-electron chi connectivity index (χ0n) is 21.0. The first-order valence-corrected chi connectivity index (χ1v) is 12.6. The Bertz CT molecular complexity index is 1200. The fraction of sp³-hybridized carbons (Fsp3) is 0.370. The molecule has 0 saturated carbocycles. The molecule has 2 aromatic rings. The summed E-state index contributed by atoms with van der Waals surface area (Å²) >= 11 is 5.96. The van der Waals surface area contributed by atoms with E-state index in [1.165, 1.54) is 17.0 Å². The van der Waals surface area contributed by atoms with Crippen molar-refractivity contribution >= 4 is 29.5 Å². The molecule has 2 heterocycles. The predicted octanol–water partition coefficient (Wildman–Crippen LogP) is 3.84. The number of benzene rings is 2. The monoisotopic (exact) mass is 528 g/mol. The van der Waals surface area contributed by atoms with E-state index in [-0.39, 0.29) is 24.6 Å². The van der Waals surface area contributed by atoms with Crippen molar-refractivity contribution in [2.45, 2.75) is 25.9 Å². The van der Waals surface area contributed by atoms with E-state index >= 15 is 0 Å². The number of urea groups is 1. The molecule has 37 heavy (non-hydrogen) atoms. The zero-order chi connectivity index (χ0) is 26.7. The molecule has 8 nitrogen and oxygen atoms in total. The second-order valence-corrected chi connectivity index (χ2v) is 9.60. The van der Waals surface area contributed by atoms with Crippen molar-refractivity contribution < 1.29 is 23.5 Å². The van der Waals surface area contributed by atoms with E-state index in [2.05, 4.69) is 10.2 Å². The quantitative estimate of drug-likeness (QED) is 0.576. The summed E-state index contributed by atoms with van der Waals surface area (Å²) < 4.78 is 18.9. The van der Waals surface area contributed by atoms with Gasteiger partial charge in [0.05, 0.1) is 18.2 Å². The molecule has 2 aliphatic rings. The van der Waals surface area contributed by atoms with Gasteiger partial charge in [-0.3, -0.25) is 14.6 Å². The number of nitrogens with zero attached hydrogens (tertiary/aromatic N) is 3. The minimum atomic E-state index is -0.774. The summed E-state index contributed by atoms with van der Waals surface area (Å²) in [5, 5.41) is 3.41. The van der Waals surface area contributed by atoms with Gasteiger partial charge >= 0.3 is 12.0 Å². The lowest BCUT2D eigenvalue weighted by atomic mass is 9.94. The van der Waals surface area contributed by atoms with Crippen LogP contribution in [0.25, 0.3) is 0 Å². The molecule has 1 N–H and O–H groups in total. The maximum atomic E-state index is 13.6. The number of piperazine rings is 1. The molecule has 0 unspecified atom stereocenters. The normalized spacial score (nSPS) is 20.6. The molecule has 4 rings (SSSR count). The molecule has 0 spiro atoms. The van der Waals surface area contributed by atoms with Gasteiger partial charge in [-0.25, -0.2) is 14.0 Å². The van der Waals surface area contributed by atoms with Crippen LogP contribution in [0.3, 0.4) is 0 Å². The number of likely N-dealkylation sites (N-methyl/N-ethyl adjacent to an activating group) is 1. The average molecular weight is 529 g/mol. The number of hydrogen-bond donors (Lipinski definition) is 1. The number of rotatable bonds is 6. The van der Waals surface area contributed by atoms with Gasteiger partial charge in [-0.05, 0) is 55.8 Å². The van der Waals surface area contributed by atoms with Crippen LogP contribution in [0.1, 0.15) is 35.8 Å². The van der Waals surface area contributed by atoms with E-state index in [1.54, 1.807) is 50.4 Å². The van der Waals surface area contributed by atoms with E-state index in [4.69, 9.17) is 16.3 Å². The molecule has 0 radical (unpaired) electrons. The van der Waals surface area contributed by atoms with Crippen LogP contribution in [0.4, 0.5) is 9.18 Å². The maximum Gasteiger partial charge on any atom is 0.338 e. The number of amides is 3. The molecule has 2 atom stereocenters. The van der Waals surface area contributed by atoms with Gasteiger partial charge in [-0.1, -0.05) is 23.7 Å². The highest BCUT2D eigenvalue weighted by Gasteiger charge is 2.38. The van der Waals surface area contributed by atoms with Crippen molar-refractivity contribution in [1.82, 2.24) is 20.0 Å². The largest absolute Gasteiger partial charge is 0.463 e. The smallest absolute Gasteiger partial charge is 0.338 e. The van der Waals surface area contributed by atoms with Gasteiger partial charge in [0, 0.05) is 55.6 Å². The Morgan fingerprint density at radius 1 is 1.11 bits per heavy atom. The third-order valence-electron chi connectivity index (χ3n) is 6.71. The number of carbonyl (C=O) groups is 3. The third-order valence-corrected chi connectivity index (χ3v) is 6.96. The summed E-state index contributed by atoms with van der Waals surface area (Å²) in [4.78, 5) is 44.4. The van der Waals surface area contributed by atoms with Crippen LogP contribution in [-0.2, 0) is 9.53 Å². The Morgan fingerprint density at radius 3 is 2.41 bits per heavy atom. The average Bonchev–Trinajstić information content (AvgIpc) is 2.87. The van der Waals surface area contributed by atoms with Gasteiger partial charge in [0.1, 0.15) is 5.82 Å². The van der Waals surface area contributed by atoms with Gasteiger partial charge in [0.2, 0.25) is 0 Å². The van der Waals surface area contributed by atoms with E-state index in [0.29, 0.717) is 53.6 Å². The summed E-state index contributed by atoms with van der Waals surface area (Å²) in [6, 6.07) is 11.3. The van der Waals surface area contributed by atoms with Gasteiger partial charge < -0.3 is 15.0 Å². The van der Waals surface area contributed by atoms with Crippen LogP contribution in [0.5, 0.6) is 0 Å². The van der Waals surface area contributed by atoms with Crippen LogP contribution >= 0.6 is 11.6 Å². The fourth-order valence-corrected chi connectivity index (χ4v) is 4.88. The van der Waals surface area contributed by atoms with E-state index < -0.39 is 17.8 Å². The Morgan fingerprint density at radius 2 is 1.78 bits per heavy atom. The fourth-order valence-electron chi connectivity index (χ4n) is 4.75. The zero-order valence-corrected chi connectivity index (χ0v) is 21.8. The van der Waals surface area contributed by atoms with Gasteiger partial charge in [-0.2, -0.15) is 0 Å². The lowest BCUT2D eigenvalue weighted by molar-refractivity contribution is -0.139. The summed E-state index contributed by atoms with van der Waals surface area (Å²) in [5.41, 5.74) is 1.97. The van der Waals surface area contributed by atoms with Crippen molar-refractivity contribution in [3.8, 4) is 0 Å². The van der Waals surface area contributed by atoms with E-state index in [1.807, 2.05) is 11.8 Å². The lowest BCUT2D eigenvalue weighted by Crippen LogP contribution is -2.56. The summed E-state index contributed by atoms with van der Waals surface area (Å²) in [6.07, 6.45) is 0. The molecule has 0 aliphatic carbocycles. The Balaban J connectivity index is 1.59. The molecule has 1 fully saturated rings. The van der Waals surface area contributed by atoms with Crippen LogP contribution in [0, 0.1) is 5.82 Å². The molecule has 10 heteroatoms.